The van der Waals surface area contributed by atoms with Gasteiger partial charge in [0, 0.05) is 32.2 Å². The first-order chi connectivity index (χ1) is 10.2. The van der Waals surface area contributed by atoms with Gasteiger partial charge in [-0.15, -0.1) is 0 Å². The molecule has 1 aromatic rings. The van der Waals surface area contributed by atoms with Crippen LogP contribution >= 0.6 is 0 Å². The van der Waals surface area contributed by atoms with Crippen molar-refractivity contribution in [2.45, 2.75) is 26.2 Å². The number of amides is 1. The molecule has 2 unspecified atom stereocenters. The Morgan fingerprint density at radius 1 is 1.24 bits per heavy atom. The highest BCUT2D eigenvalue weighted by Gasteiger charge is 2.38. The normalized spacial score (nSPS) is 24.2. The SMILES string of the molecule is CC(=O)Nc1ccc(OCCCN2CC3CCC3C2)cc1. The maximum Gasteiger partial charge on any atom is 0.221 e. The van der Waals surface area contributed by atoms with Crippen molar-refractivity contribution in [3.8, 4) is 5.75 Å². The van der Waals surface area contributed by atoms with Gasteiger partial charge in [0.2, 0.25) is 5.91 Å². The number of nitrogens with zero attached hydrogens (tertiary/aromatic N) is 1. The molecule has 1 amide bonds. The predicted molar refractivity (Wildman–Crippen MR) is 83.5 cm³/mol. The van der Waals surface area contributed by atoms with Gasteiger partial charge in [0.05, 0.1) is 6.61 Å². The summed E-state index contributed by atoms with van der Waals surface area (Å²) in [7, 11) is 0. The zero-order valence-corrected chi connectivity index (χ0v) is 12.7. The molecule has 1 aliphatic carbocycles. The van der Waals surface area contributed by atoms with Gasteiger partial charge in [0.1, 0.15) is 5.75 Å². The molecular weight excluding hydrogens is 264 g/mol. The average molecular weight is 288 g/mol. The summed E-state index contributed by atoms with van der Waals surface area (Å²) in [6, 6.07) is 7.55. The van der Waals surface area contributed by atoms with Crippen LogP contribution in [0.5, 0.6) is 5.75 Å². The fourth-order valence-electron chi connectivity index (χ4n) is 3.36. The van der Waals surface area contributed by atoms with E-state index in [9.17, 15) is 4.79 Å². The maximum absolute atomic E-state index is 10.9. The molecule has 21 heavy (non-hydrogen) atoms. The summed E-state index contributed by atoms with van der Waals surface area (Å²) >= 11 is 0. The molecule has 0 aromatic heterocycles. The number of benzene rings is 1. The van der Waals surface area contributed by atoms with E-state index in [1.165, 1.54) is 32.9 Å². The van der Waals surface area contributed by atoms with Crippen molar-refractivity contribution in [2.24, 2.45) is 11.8 Å². The first-order valence-corrected chi connectivity index (χ1v) is 7.93. The number of hydrogen-bond acceptors (Lipinski definition) is 3. The highest BCUT2D eigenvalue weighted by molar-refractivity contribution is 5.88. The molecule has 0 spiro atoms. The lowest BCUT2D eigenvalue weighted by atomic mass is 9.77. The standard InChI is InChI=1S/C17H24N2O2/c1-13(20)18-16-5-7-17(8-6-16)21-10-2-9-19-11-14-3-4-15(14)12-19/h5-8,14-15H,2-4,9-12H2,1H3,(H,18,20). The third-order valence-electron chi connectivity index (χ3n) is 4.62. The van der Waals surface area contributed by atoms with Crippen LogP contribution in [0.3, 0.4) is 0 Å². The largest absolute Gasteiger partial charge is 0.494 e. The van der Waals surface area contributed by atoms with Crippen molar-refractivity contribution < 1.29 is 9.53 Å². The van der Waals surface area contributed by atoms with Gasteiger partial charge in [-0.25, -0.2) is 0 Å². The van der Waals surface area contributed by atoms with E-state index in [2.05, 4.69) is 10.2 Å². The minimum Gasteiger partial charge on any atom is -0.494 e. The molecule has 0 radical (unpaired) electrons. The maximum atomic E-state index is 10.9. The van der Waals surface area contributed by atoms with Crippen molar-refractivity contribution in [3.63, 3.8) is 0 Å². The molecule has 114 valence electrons. The third kappa shape index (κ3) is 3.76. The first kappa shape index (κ1) is 14.4. The van der Waals surface area contributed by atoms with E-state index in [1.807, 2.05) is 24.3 Å². The van der Waals surface area contributed by atoms with E-state index in [0.717, 1.165) is 42.8 Å². The summed E-state index contributed by atoms with van der Waals surface area (Å²) in [5.74, 6) is 2.80. The summed E-state index contributed by atoms with van der Waals surface area (Å²) in [5, 5.41) is 2.75. The van der Waals surface area contributed by atoms with Crippen molar-refractivity contribution in [1.82, 2.24) is 4.90 Å². The molecule has 4 nitrogen and oxygen atoms in total. The van der Waals surface area contributed by atoms with E-state index in [0.29, 0.717) is 0 Å². The molecule has 1 aliphatic heterocycles. The highest BCUT2D eigenvalue weighted by Crippen LogP contribution is 2.40. The Kier molecular flexibility index (Phi) is 4.44. The number of nitrogens with one attached hydrogen (secondary N) is 1. The number of likely N-dealkylation sites (tertiary alicyclic amines) is 1. The van der Waals surface area contributed by atoms with Gasteiger partial charge < -0.3 is 15.0 Å². The van der Waals surface area contributed by atoms with E-state index >= 15 is 0 Å². The quantitative estimate of drug-likeness (QED) is 0.818. The molecule has 4 heteroatoms. The second-order valence-electron chi connectivity index (χ2n) is 6.26. The fraction of sp³-hybridized carbons (Fsp3) is 0.588. The smallest absolute Gasteiger partial charge is 0.221 e. The van der Waals surface area contributed by atoms with Crippen molar-refractivity contribution in [2.75, 3.05) is 31.6 Å². The molecule has 1 heterocycles. The molecule has 2 fully saturated rings. The van der Waals surface area contributed by atoms with Crippen molar-refractivity contribution in [1.29, 1.82) is 0 Å². The Morgan fingerprint density at radius 3 is 2.48 bits per heavy atom. The van der Waals surface area contributed by atoms with Crippen LogP contribution in [-0.4, -0.2) is 37.0 Å². The van der Waals surface area contributed by atoms with Gasteiger partial charge in [0.25, 0.3) is 0 Å². The summed E-state index contributed by atoms with van der Waals surface area (Å²) in [5.41, 5.74) is 0.808. The monoisotopic (exact) mass is 288 g/mol. The Labute approximate surface area is 126 Å². The van der Waals surface area contributed by atoms with Crippen LogP contribution in [0.2, 0.25) is 0 Å². The average Bonchev–Trinajstić information content (AvgIpc) is 2.72. The van der Waals surface area contributed by atoms with Gasteiger partial charge >= 0.3 is 0 Å². The Balaban J connectivity index is 1.34. The van der Waals surface area contributed by atoms with E-state index < -0.39 is 0 Å². The lowest BCUT2D eigenvalue weighted by Crippen LogP contribution is -2.23. The molecule has 1 N–H and O–H groups in total. The van der Waals surface area contributed by atoms with E-state index in [4.69, 9.17) is 4.74 Å². The van der Waals surface area contributed by atoms with Gasteiger partial charge in [-0.2, -0.15) is 0 Å². The van der Waals surface area contributed by atoms with Crippen LogP contribution in [0.4, 0.5) is 5.69 Å². The summed E-state index contributed by atoms with van der Waals surface area (Å²) in [6.07, 6.45) is 3.96. The third-order valence-corrected chi connectivity index (χ3v) is 4.62. The van der Waals surface area contributed by atoms with E-state index in [1.54, 1.807) is 0 Å². The van der Waals surface area contributed by atoms with Gasteiger partial charge in [-0.3, -0.25) is 4.79 Å². The number of rotatable bonds is 6. The zero-order chi connectivity index (χ0) is 14.7. The molecule has 2 aliphatic rings. The summed E-state index contributed by atoms with van der Waals surface area (Å²) < 4.78 is 5.76. The van der Waals surface area contributed by atoms with Crippen LogP contribution < -0.4 is 10.1 Å². The fourth-order valence-corrected chi connectivity index (χ4v) is 3.36. The molecule has 1 aromatic carbocycles. The van der Waals surface area contributed by atoms with Crippen LogP contribution in [0.1, 0.15) is 26.2 Å². The number of carbonyl (C=O) groups excluding carboxylic acids is 1. The predicted octanol–water partition coefficient (Wildman–Crippen LogP) is 2.76. The highest BCUT2D eigenvalue weighted by atomic mass is 16.5. The molecule has 1 saturated heterocycles. The number of anilines is 1. The minimum absolute atomic E-state index is 0.0525. The molecule has 2 atom stereocenters. The summed E-state index contributed by atoms with van der Waals surface area (Å²) in [6.45, 7) is 6.02. The van der Waals surface area contributed by atoms with Crippen LogP contribution in [-0.2, 0) is 4.79 Å². The van der Waals surface area contributed by atoms with Gasteiger partial charge in [0.15, 0.2) is 0 Å². The van der Waals surface area contributed by atoms with Crippen LogP contribution in [0.25, 0.3) is 0 Å². The van der Waals surface area contributed by atoms with Crippen LogP contribution in [0.15, 0.2) is 24.3 Å². The second kappa shape index (κ2) is 6.48. The number of carbonyl (C=O) groups is 1. The number of fused-ring (bicyclic) bond motifs is 1. The van der Waals surface area contributed by atoms with Crippen molar-refractivity contribution in [3.05, 3.63) is 24.3 Å². The van der Waals surface area contributed by atoms with Gasteiger partial charge in [-0.1, -0.05) is 0 Å². The number of ether oxygens (including phenoxy) is 1. The molecule has 3 rings (SSSR count). The Bertz CT molecular complexity index is 474. The lowest BCUT2D eigenvalue weighted by Gasteiger charge is -2.28. The Hall–Kier alpha value is -1.55. The lowest BCUT2D eigenvalue weighted by molar-refractivity contribution is -0.114. The molecule has 0 bridgehead atoms. The van der Waals surface area contributed by atoms with Gasteiger partial charge in [-0.05, 0) is 55.4 Å². The molecular formula is C17H24N2O2. The summed E-state index contributed by atoms with van der Waals surface area (Å²) in [4.78, 5) is 13.5. The van der Waals surface area contributed by atoms with E-state index in [-0.39, 0.29) is 5.91 Å². The Morgan fingerprint density at radius 2 is 1.90 bits per heavy atom. The second-order valence-corrected chi connectivity index (χ2v) is 6.26. The van der Waals surface area contributed by atoms with Crippen LogP contribution in [0, 0.1) is 11.8 Å². The zero-order valence-electron chi connectivity index (χ0n) is 12.7. The minimum atomic E-state index is -0.0525. The topological polar surface area (TPSA) is 41.6 Å². The first-order valence-electron chi connectivity index (χ1n) is 7.93. The molecule has 1 saturated carbocycles. The number of hydrogen-bond donors (Lipinski definition) is 1. The van der Waals surface area contributed by atoms with Crippen molar-refractivity contribution >= 4 is 11.6 Å².